The van der Waals surface area contributed by atoms with Crippen molar-refractivity contribution in [3.8, 4) is 11.5 Å². The smallest absolute Gasteiger partial charge is 0.338 e. The zero-order valence-corrected chi connectivity index (χ0v) is 29.2. The molecule has 278 valence electrons. The summed E-state index contributed by atoms with van der Waals surface area (Å²) in [5.41, 5.74) is -5.43. The molecule has 1 aromatic carbocycles. The molecule has 1 unspecified atom stereocenters. The summed E-state index contributed by atoms with van der Waals surface area (Å²) in [4.78, 5) is 56.5. The number of aliphatic hydroxyl groups is 1. The van der Waals surface area contributed by atoms with E-state index in [0.29, 0.717) is 18.4 Å². The minimum absolute atomic E-state index is 0.000871. The van der Waals surface area contributed by atoms with Crippen LogP contribution in [0.4, 0.5) is 4.39 Å². The highest BCUT2D eigenvalue weighted by atomic mass is 19.1. The Bertz CT molecular complexity index is 1680. The van der Waals surface area contributed by atoms with Crippen LogP contribution in [-0.4, -0.2) is 94.0 Å². The van der Waals surface area contributed by atoms with Gasteiger partial charge in [0.2, 0.25) is 5.78 Å². The van der Waals surface area contributed by atoms with E-state index in [2.05, 4.69) is 4.84 Å². The molecular formula is C36H44FNO13. The lowest BCUT2D eigenvalue weighted by molar-refractivity contribution is -0.492. The van der Waals surface area contributed by atoms with E-state index in [1.165, 1.54) is 37.5 Å². The fourth-order valence-electron chi connectivity index (χ4n) is 9.55. The summed E-state index contributed by atoms with van der Waals surface area (Å²) < 4.78 is 46.6. The third-order valence-electron chi connectivity index (χ3n) is 11.7. The number of allylic oxidation sites excluding steroid dienone is 4. The normalized spacial score (nSPS) is 36.0. The van der Waals surface area contributed by atoms with Crippen LogP contribution in [0.25, 0.3) is 0 Å². The van der Waals surface area contributed by atoms with Crippen LogP contribution in [0.5, 0.6) is 11.5 Å². The standard InChI is InChI=1S/C36H44FNO13/c1-32(2)50-29-17-24-23-10-9-21-16-22(39)12-13-33(21,3)35(23,37)27(40)18-34(24,4)36(29,51-32)28(41)19-47-31(43)20-8-11-25(26(15-20)46-5)49-30(42)7-6-14-48-38(44)45/h8,11-13,15-16,23-24,27,29,40,44-45H,6-7,9-10,14,17-19H2,1-5H3/t23?,24-,27-,29+,33-,34-,35-,36+/m0/s1. The maximum Gasteiger partial charge on any atom is 0.338 e. The molecular weight excluding hydrogens is 673 g/mol. The van der Waals surface area contributed by atoms with E-state index >= 15 is 4.39 Å². The molecule has 4 aliphatic carbocycles. The van der Waals surface area contributed by atoms with E-state index in [9.17, 15) is 24.3 Å². The van der Waals surface area contributed by atoms with Gasteiger partial charge in [-0.3, -0.25) is 29.6 Å². The van der Waals surface area contributed by atoms with Crippen LogP contribution in [0, 0.1) is 22.7 Å². The predicted octanol–water partition coefficient (Wildman–Crippen LogP) is 3.99. The van der Waals surface area contributed by atoms with Crippen LogP contribution in [0.3, 0.4) is 0 Å². The van der Waals surface area contributed by atoms with Crippen LogP contribution < -0.4 is 9.47 Å². The quantitative estimate of drug-likeness (QED) is 0.129. The number of hydrogen-bond acceptors (Lipinski definition) is 14. The second kappa shape index (κ2) is 13.1. The highest BCUT2D eigenvalue weighted by molar-refractivity contribution is 6.01. The maximum atomic E-state index is 17.7. The van der Waals surface area contributed by atoms with Crippen LogP contribution in [-0.2, 0) is 33.4 Å². The van der Waals surface area contributed by atoms with Crippen molar-refractivity contribution in [2.75, 3.05) is 20.3 Å². The number of carbonyl (C=O) groups excluding carboxylic acids is 4. The van der Waals surface area contributed by atoms with Crippen LogP contribution in [0.15, 0.2) is 42.0 Å². The summed E-state index contributed by atoms with van der Waals surface area (Å²) >= 11 is 0. The molecule has 0 spiro atoms. The van der Waals surface area contributed by atoms with Crippen molar-refractivity contribution in [3.05, 3.63) is 47.6 Å². The molecule has 3 N–H and O–H groups in total. The summed E-state index contributed by atoms with van der Waals surface area (Å²) in [6.07, 6.45) is 3.07. The lowest BCUT2D eigenvalue weighted by Gasteiger charge is -2.62. The Morgan fingerprint density at radius 2 is 1.84 bits per heavy atom. The number of ether oxygens (including phenoxy) is 5. The first-order valence-corrected chi connectivity index (χ1v) is 17.0. The number of ketones is 2. The van der Waals surface area contributed by atoms with Gasteiger partial charge in [0.05, 0.1) is 36.9 Å². The number of fused-ring (bicyclic) bond motifs is 7. The van der Waals surface area contributed by atoms with Crippen LogP contribution in [0.1, 0.15) is 76.6 Å². The molecule has 5 aliphatic rings. The Morgan fingerprint density at radius 3 is 2.55 bits per heavy atom. The topological polar surface area (TPSA) is 188 Å². The molecule has 0 radical (unpaired) electrons. The van der Waals surface area contributed by atoms with E-state index in [-0.39, 0.29) is 55.1 Å². The Kier molecular flexibility index (Phi) is 9.58. The number of aliphatic hydroxyl groups excluding tert-OH is 1. The Balaban J connectivity index is 1.20. The molecule has 4 fully saturated rings. The van der Waals surface area contributed by atoms with E-state index in [0.717, 1.165) is 0 Å². The lowest BCUT2D eigenvalue weighted by atomic mass is 9.44. The number of rotatable bonds is 11. The largest absolute Gasteiger partial charge is 0.493 e. The molecule has 15 heteroatoms. The second-order valence-electron chi connectivity index (χ2n) is 14.9. The highest BCUT2D eigenvalue weighted by Gasteiger charge is 2.80. The van der Waals surface area contributed by atoms with Gasteiger partial charge in [-0.25, -0.2) is 9.18 Å². The minimum Gasteiger partial charge on any atom is -0.493 e. The number of methoxy groups -OCH3 is 1. The minimum atomic E-state index is -2.11. The van der Waals surface area contributed by atoms with Gasteiger partial charge in [-0.2, -0.15) is 0 Å². The molecule has 1 heterocycles. The van der Waals surface area contributed by atoms with Crippen molar-refractivity contribution in [1.82, 2.24) is 5.39 Å². The van der Waals surface area contributed by atoms with Gasteiger partial charge in [-0.15, -0.1) is 0 Å². The highest BCUT2D eigenvalue weighted by Crippen LogP contribution is 2.72. The SMILES string of the molecule is COc1cc(C(=O)OCC(=O)[C@@]23OC(C)(C)O[C@@H]2C[C@H]2C4CCC5=CC(=O)C=C[C@]5(C)[C@@]4(F)[C@@H](O)C[C@@]23C)ccc1OC(=O)CCCON(O)O. The molecule has 0 amide bonds. The fraction of sp³-hybridized carbons (Fsp3) is 0.611. The van der Waals surface area contributed by atoms with Gasteiger partial charge in [0.1, 0.15) is 0 Å². The summed E-state index contributed by atoms with van der Waals surface area (Å²) in [5, 5.41) is 28.5. The molecule has 1 saturated heterocycles. The maximum absolute atomic E-state index is 17.7. The zero-order chi connectivity index (χ0) is 37.1. The molecule has 6 rings (SSSR count). The molecule has 0 aromatic heterocycles. The van der Waals surface area contributed by atoms with Crippen molar-refractivity contribution in [2.45, 2.75) is 95.5 Å². The molecule has 1 aliphatic heterocycles. The number of carbonyl (C=O) groups is 4. The van der Waals surface area contributed by atoms with Gasteiger partial charge in [-0.05, 0) is 89.1 Å². The number of halogens is 1. The number of esters is 2. The van der Waals surface area contributed by atoms with E-state index in [1.807, 2.05) is 6.92 Å². The molecule has 3 saturated carbocycles. The van der Waals surface area contributed by atoms with Crippen LogP contribution in [0.2, 0.25) is 0 Å². The number of nitrogens with zero attached hydrogens (tertiary/aromatic N) is 1. The first kappa shape index (κ1) is 37.2. The molecule has 14 nitrogen and oxygen atoms in total. The van der Waals surface area contributed by atoms with Crippen molar-refractivity contribution in [3.63, 3.8) is 0 Å². The van der Waals surface area contributed by atoms with Gasteiger partial charge in [0, 0.05) is 23.2 Å². The van der Waals surface area contributed by atoms with Crippen molar-refractivity contribution in [1.29, 1.82) is 0 Å². The van der Waals surface area contributed by atoms with Crippen molar-refractivity contribution in [2.24, 2.45) is 22.7 Å². The molecule has 8 atom stereocenters. The van der Waals surface area contributed by atoms with E-state index < -0.39 is 81.6 Å². The summed E-state index contributed by atoms with van der Waals surface area (Å²) in [5.74, 6) is -4.59. The summed E-state index contributed by atoms with van der Waals surface area (Å²) in [7, 11) is 1.31. The number of Topliss-reactive ketones (excluding diaryl/α,β-unsaturated/α-hetero) is 1. The second-order valence-corrected chi connectivity index (χ2v) is 14.9. The van der Waals surface area contributed by atoms with E-state index in [1.54, 1.807) is 26.8 Å². The van der Waals surface area contributed by atoms with Crippen LogP contribution >= 0.6 is 0 Å². The third-order valence-corrected chi connectivity index (χ3v) is 11.7. The molecule has 0 bridgehead atoms. The van der Waals surface area contributed by atoms with Gasteiger partial charge < -0.3 is 28.8 Å². The predicted molar refractivity (Wildman–Crippen MR) is 171 cm³/mol. The Hall–Kier alpha value is -3.57. The summed E-state index contributed by atoms with van der Waals surface area (Å²) in [6.45, 7) is 6.05. The number of alkyl halides is 1. The molecule has 1 aromatic rings. The average molecular weight is 718 g/mol. The summed E-state index contributed by atoms with van der Waals surface area (Å²) in [6, 6.07) is 3.96. The first-order chi connectivity index (χ1) is 23.9. The Labute approximate surface area is 293 Å². The fourth-order valence-corrected chi connectivity index (χ4v) is 9.55. The van der Waals surface area contributed by atoms with Crippen molar-refractivity contribution >= 4 is 23.5 Å². The third kappa shape index (κ3) is 5.92. The van der Waals surface area contributed by atoms with Gasteiger partial charge in [0.15, 0.2) is 40.9 Å². The average Bonchev–Trinajstić information content (AvgIpc) is 3.48. The first-order valence-electron chi connectivity index (χ1n) is 17.0. The van der Waals surface area contributed by atoms with E-state index in [4.69, 9.17) is 34.1 Å². The van der Waals surface area contributed by atoms with Gasteiger partial charge >= 0.3 is 11.9 Å². The van der Waals surface area contributed by atoms with Gasteiger partial charge in [-0.1, -0.05) is 18.6 Å². The molecule has 51 heavy (non-hydrogen) atoms. The van der Waals surface area contributed by atoms with Gasteiger partial charge in [0.25, 0.3) is 0 Å². The monoisotopic (exact) mass is 717 g/mol. The number of hydrogen-bond donors (Lipinski definition) is 3. The van der Waals surface area contributed by atoms with Crippen molar-refractivity contribution < 1.29 is 67.6 Å². The Morgan fingerprint density at radius 1 is 1.10 bits per heavy atom. The lowest BCUT2D eigenvalue weighted by Crippen LogP contribution is -2.70. The number of benzene rings is 1. The zero-order valence-electron chi connectivity index (χ0n) is 29.2.